The van der Waals surface area contributed by atoms with E-state index in [1.54, 1.807) is 30.8 Å². The van der Waals surface area contributed by atoms with Gasteiger partial charge in [0.1, 0.15) is 11.6 Å². The average Bonchev–Trinajstić information content (AvgIpc) is 2.94. The van der Waals surface area contributed by atoms with E-state index in [4.69, 9.17) is 15.9 Å². The number of hydrogen-bond acceptors (Lipinski definition) is 6. The minimum absolute atomic E-state index is 0.135. The molecule has 0 saturated heterocycles. The first-order chi connectivity index (χ1) is 9.59. The summed E-state index contributed by atoms with van der Waals surface area (Å²) < 4.78 is 5.26. The molecule has 2 aliphatic heterocycles. The lowest BCUT2D eigenvalue weighted by molar-refractivity contribution is 0.466. The normalized spacial score (nSPS) is 31.6. The molecule has 3 heterocycles. The van der Waals surface area contributed by atoms with Crippen LogP contribution in [0.15, 0.2) is 50.1 Å². The van der Waals surface area contributed by atoms with Gasteiger partial charge in [-0.05, 0) is 25.1 Å². The average molecular weight is 272 g/mol. The van der Waals surface area contributed by atoms with Gasteiger partial charge in [0, 0.05) is 12.4 Å². The maximum Gasteiger partial charge on any atom is 0.194 e. The lowest BCUT2D eigenvalue weighted by Gasteiger charge is -2.37. The van der Waals surface area contributed by atoms with Gasteiger partial charge in [0.25, 0.3) is 0 Å². The van der Waals surface area contributed by atoms with Crippen molar-refractivity contribution in [2.24, 2.45) is 31.9 Å². The molecule has 0 amide bonds. The summed E-state index contributed by atoms with van der Waals surface area (Å²) in [6.45, 7) is 1.99. The number of nitrogens with zero attached hydrogens (tertiary/aromatic N) is 3. The van der Waals surface area contributed by atoms with Crippen LogP contribution in [0.3, 0.4) is 0 Å². The van der Waals surface area contributed by atoms with Crippen molar-refractivity contribution in [3.05, 3.63) is 36.4 Å². The van der Waals surface area contributed by atoms with E-state index in [0.29, 0.717) is 17.6 Å². The molecule has 5 N–H and O–H groups in total. The smallest absolute Gasteiger partial charge is 0.194 e. The maximum atomic E-state index is 6.03. The second kappa shape index (κ2) is 4.61. The molecule has 20 heavy (non-hydrogen) atoms. The highest BCUT2D eigenvalue weighted by Gasteiger charge is 2.41. The Labute approximate surface area is 116 Å². The van der Waals surface area contributed by atoms with E-state index in [1.165, 1.54) is 0 Å². The van der Waals surface area contributed by atoms with Crippen LogP contribution in [-0.2, 0) is 0 Å². The highest BCUT2D eigenvalue weighted by atomic mass is 16.3. The lowest BCUT2D eigenvalue weighted by Crippen LogP contribution is -2.56. The zero-order valence-electron chi connectivity index (χ0n) is 11.0. The van der Waals surface area contributed by atoms with E-state index in [9.17, 15) is 0 Å². The largest absolute Gasteiger partial charge is 0.466 e. The van der Waals surface area contributed by atoms with E-state index in [0.717, 1.165) is 0 Å². The summed E-state index contributed by atoms with van der Waals surface area (Å²) in [5.74, 6) is 1.54. The highest BCUT2D eigenvalue weighted by Crippen LogP contribution is 2.30. The van der Waals surface area contributed by atoms with Crippen molar-refractivity contribution in [2.45, 2.75) is 19.1 Å². The van der Waals surface area contributed by atoms with Crippen molar-refractivity contribution in [3.63, 3.8) is 0 Å². The number of fused-ring (bicyclic) bond motifs is 1. The van der Waals surface area contributed by atoms with Crippen LogP contribution in [0.4, 0.5) is 0 Å². The number of furan rings is 1. The third kappa shape index (κ3) is 2.01. The molecule has 0 fully saturated rings. The molecule has 1 aromatic heterocycles. The van der Waals surface area contributed by atoms with E-state index in [-0.39, 0.29) is 6.04 Å². The van der Waals surface area contributed by atoms with E-state index in [1.807, 2.05) is 13.0 Å². The lowest BCUT2D eigenvalue weighted by atomic mass is 9.80. The Bertz CT molecular complexity index is 615. The van der Waals surface area contributed by atoms with Crippen molar-refractivity contribution in [3.8, 4) is 0 Å². The number of nitrogens with one attached hydrogen (secondary N) is 1. The number of guanidine groups is 1. The summed E-state index contributed by atoms with van der Waals surface area (Å²) in [6, 6.07) is 3.42. The summed E-state index contributed by atoms with van der Waals surface area (Å²) in [5.41, 5.74) is 11.3. The Morgan fingerprint density at radius 2 is 2.40 bits per heavy atom. The van der Waals surface area contributed by atoms with Crippen molar-refractivity contribution >= 4 is 18.0 Å². The molecule has 0 aromatic carbocycles. The minimum Gasteiger partial charge on any atom is -0.466 e. The summed E-state index contributed by atoms with van der Waals surface area (Å²) in [6.07, 6.45) is 6.36. The molecule has 7 heteroatoms. The Morgan fingerprint density at radius 1 is 1.55 bits per heavy atom. The third-order valence-electron chi connectivity index (χ3n) is 3.45. The van der Waals surface area contributed by atoms with Gasteiger partial charge in [-0.2, -0.15) is 0 Å². The van der Waals surface area contributed by atoms with Gasteiger partial charge in [-0.1, -0.05) is 0 Å². The molecule has 2 unspecified atom stereocenters. The molecule has 0 saturated carbocycles. The predicted octanol–water partition coefficient (Wildman–Crippen LogP) is 0.526. The fraction of sp³-hybridized carbons (Fsp3) is 0.308. The van der Waals surface area contributed by atoms with Gasteiger partial charge in [-0.3, -0.25) is 4.99 Å². The number of rotatable bonds is 2. The molecule has 2 aliphatic rings. The van der Waals surface area contributed by atoms with Crippen LogP contribution in [0.2, 0.25) is 0 Å². The highest BCUT2D eigenvalue weighted by molar-refractivity contribution is 6.12. The summed E-state index contributed by atoms with van der Waals surface area (Å²) in [5, 5.41) is 2.98. The number of amidine groups is 1. The fourth-order valence-electron chi connectivity index (χ4n) is 2.26. The molecule has 7 nitrogen and oxygen atoms in total. The molecule has 0 radical (unpaired) electrons. The second-order valence-electron chi connectivity index (χ2n) is 4.92. The van der Waals surface area contributed by atoms with Gasteiger partial charge in [0.2, 0.25) is 0 Å². The van der Waals surface area contributed by atoms with Crippen LogP contribution in [-0.4, -0.2) is 24.1 Å². The molecule has 0 spiro atoms. The Balaban J connectivity index is 1.98. The summed E-state index contributed by atoms with van der Waals surface area (Å²) in [4.78, 5) is 13.0. The zero-order chi connectivity index (χ0) is 14.2. The summed E-state index contributed by atoms with van der Waals surface area (Å²) >= 11 is 0. The van der Waals surface area contributed by atoms with Crippen LogP contribution in [0.1, 0.15) is 18.8 Å². The van der Waals surface area contributed by atoms with E-state index < -0.39 is 11.6 Å². The monoisotopic (exact) mass is 272 g/mol. The van der Waals surface area contributed by atoms with Gasteiger partial charge >= 0.3 is 0 Å². The van der Waals surface area contributed by atoms with Crippen LogP contribution >= 0.6 is 0 Å². The second-order valence-corrected chi connectivity index (χ2v) is 4.92. The molecule has 0 bridgehead atoms. The van der Waals surface area contributed by atoms with Crippen LogP contribution in [0, 0.1) is 5.41 Å². The molecule has 104 valence electrons. The first-order valence-electron chi connectivity index (χ1n) is 6.28. The fourth-order valence-corrected chi connectivity index (χ4v) is 2.26. The van der Waals surface area contributed by atoms with Gasteiger partial charge in [0.15, 0.2) is 12.1 Å². The van der Waals surface area contributed by atoms with Crippen molar-refractivity contribution < 1.29 is 4.42 Å². The SMILES string of the molecule is C[C@@]12C=NC=CC1N=C(N)N/C2=N\C(N)c1ccco1. The van der Waals surface area contributed by atoms with Crippen molar-refractivity contribution in [1.29, 1.82) is 0 Å². The zero-order valence-corrected chi connectivity index (χ0v) is 11.0. The first kappa shape index (κ1) is 12.6. The molecule has 0 aliphatic carbocycles. The molecule has 1 aromatic rings. The third-order valence-corrected chi connectivity index (χ3v) is 3.45. The molecular formula is C13H16N6O. The van der Waals surface area contributed by atoms with Crippen LogP contribution in [0.5, 0.6) is 0 Å². The maximum absolute atomic E-state index is 6.03. The predicted molar refractivity (Wildman–Crippen MR) is 77.4 cm³/mol. The molecule has 3 atom stereocenters. The molecular weight excluding hydrogens is 256 g/mol. The van der Waals surface area contributed by atoms with E-state index in [2.05, 4.69) is 20.3 Å². The summed E-state index contributed by atoms with van der Waals surface area (Å²) in [7, 11) is 0. The van der Waals surface area contributed by atoms with Gasteiger partial charge in [0.05, 0.1) is 17.7 Å². The van der Waals surface area contributed by atoms with Crippen LogP contribution < -0.4 is 16.8 Å². The van der Waals surface area contributed by atoms with Crippen LogP contribution in [0.25, 0.3) is 0 Å². The Hall–Kier alpha value is -2.41. The Morgan fingerprint density at radius 3 is 3.15 bits per heavy atom. The van der Waals surface area contributed by atoms with Crippen molar-refractivity contribution in [2.75, 3.05) is 0 Å². The number of hydrogen-bond donors (Lipinski definition) is 3. The number of aliphatic imine (C=N–C) groups is 3. The van der Waals surface area contributed by atoms with Gasteiger partial charge < -0.3 is 21.2 Å². The first-order valence-corrected chi connectivity index (χ1v) is 6.28. The van der Waals surface area contributed by atoms with Gasteiger partial charge in [-0.25, -0.2) is 9.98 Å². The standard InChI is InChI=1S/C13H16N6O/c1-13-7-16-5-4-9(13)17-12(15)19-11(13)18-10(14)8-3-2-6-20-8/h2-7,9-10H,14H2,1H3,(H3,15,17,18,19)/t9?,10?,13-/m1/s1. The Kier molecular flexibility index (Phi) is 2.90. The van der Waals surface area contributed by atoms with Gasteiger partial charge in [-0.15, -0.1) is 0 Å². The van der Waals surface area contributed by atoms with Crippen molar-refractivity contribution in [1.82, 2.24) is 5.32 Å². The topological polar surface area (TPSA) is 114 Å². The minimum atomic E-state index is -0.602. The molecule has 3 rings (SSSR count). The quantitative estimate of drug-likeness (QED) is 0.728. The number of nitrogens with two attached hydrogens (primary N) is 2. The van der Waals surface area contributed by atoms with E-state index >= 15 is 0 Å².